The van der Waals surface area contributed by atoms with E-state index in [-0.39, 0.29) is 0 Å². The highest BCUT2D eigenvalue weighted by atomic mass is 14.9. The number of benzene rings is 4. The van der Waals surface area contributed by atoms with Crippen LogP contribution in [-0.4, -0.2) is 14.1 Å². The predicted molar refractivity (Wildman–Crippen MR) is 157 cm³/mol. The van der Waals surface area contributed by atoms with Crippen molar-refractivity contribution in [3.05, 3.63) is 121 Å². The van der Waals surface area contributed by atoms with Gasteiger partial charge in [0.2, 0.25) is 11.2 Å². The number of hydrogen-bond acceptors (Lipinski definition) is 2. The van der Waals surface area contributed by atoms with Crippen molar-refractivity contribution < 1.29 is 4.40 Å². The normalized spacial score (nSPS) is 11.1. The van der Waals surface area contributed by atoms with Gasteiger partial charge < -0.3 is 10.6 Å². The van der Waals surface area contributed by atoms with E-state index >= 15 is 0 Å². The van der Waals surface area contributed by atoms with E-state index in [1.807, 2.05) is 14.1 Å². The van der Waals surface area contributed by atoms with Gasteiger partial charge in [0.1, 0.15) is 0 Å². The molecule has 0 saturated carbocycles. The van der Waals surface area contributed by atoms with Crippen LogP contribution in [0.25, 0.3) is 49.8 Å². The van der Waals surface area contributed by atoms with Gasteiger partial charge in [-0.2, -0.15) is 4.40 Å². The third-order valence-corrected chi connectivity index (χ3v) is 7.12. The van der Waals surface area contributed by atoms with Crippen molar-refractivity contribution >= 4 is 27.7 Å². The molecule has 0 aliphatic carbocycles. The van der Waals surface area contributed by atoms with Gasteiger partial charge in [0, 0.05) is 42.0 Å². The largest absolute Gasteiger partial charge is 0.388 e. The van der Waals surface area contributed by atoms with Crippen LogP contribution in [-0.2, 0) is 0 Å². The predicted octanol–water partition coefficient (Wildman–Crippen LogP) is 7.97. The van der Waals surface area contributed by atoms with Gasteiger partial charge in [-0.05, 0) is 66.6 Å². The van der Waals surface area contributed by atoms with Crippen LogP contribution < -0.4 is 15.0 Å². The second kappa shape index (κ2) is 9.44. The number of rotatable bonds is 5. The summed E-state index contributed by atoms with van der Waals surface area (Å²) in [6.45, 7) is 2.18. The highest BCUT2D eigenvalue weighted by molar-refractivity contribution is 6.10. The van der Waals surface area contributed by atoms with Crippen LogP contribution in [0.2, 0.25) is 0 Å². The summed E-state index contributed by atoms with van der Waals surface area (Å²) in [7, 11) is 3.92. The van der Waals surface area contributed by atoms with E-state index in [9.17, 15) is 0 Å². The number of nitrogens with zero attached hydrogens (tertiary/aromatic N) is 1. The number of hydrogen-bond donors (Lipinski definition) is 2. The van der Waals surface area contributed by atoms with Crippen LogP contribution in [0.15, 0.2) is 115 Å². The molecule has 0 unspecified atom stereocenters. The summed E-state index contributed by atoms with van der Waals surface area (Å²) in [4.78, 5) is 0. The molecule has 0 amide bonds. The molecule has 6 aromatic rings. The van der Waals surface area contributed by atoms with Gasteiger partial charge in [-0.3, -0.25) is 0 Å². The lowest BCUT2D eigenvalue weighted by Gasteiger charge is -2.16. The molecule has 0 aliphatic heterocycles. The molecule has 0 bridgehead atoms. The molecule has 3 nitrogen and oxygen atoms in total. The average molecular weight is 481 g/mol. The van der Waals surface area contributed by atoms with Gasteiger partial charge in [-0.15, -0.1) is 0 Å². The second-order valence-electron chi connectivity index (χ2n) is 9.44. The number of pyridine rings is 2. The molecule has 2 N–H and O–H groups in total. The SMILES string of the molecule is CNc1ccc(-c2c(-c3ccc(NC)cc3)[n+]3cc(C)cc(-c4ccccc4)c3c3ccccc23)cc1. The lowest BCUT2D eigenvalue weighted by Crippen LogP contribution is -2.27. The Morgan fingerprint density at radius 1 is 0.568 bits per heavy atom. The molecule has 2 aromatic heterocycles. The molecule has 4 aromatic carbocycles. The molecular formula is C34H30N3+. The highest BCUT2D eigenvalue weighted by Gasteiger charge is 2.27. The molecule has 0 radical (unpaired) electrons. The molecular weight excluding hydrogens is 450 g/mol. The van der Waals surface area contributed by atoms with Crippen molar-refractivity contribution in [2.24, 2.45) is 0 Å². The lowest BCUT2D eigenvalue weighted by atomic mass is 9.90. The Morgan fingerprint density at radius 2 is 1.14 bits per heavy atom. The number of fused-ring (bicyclic) bond motifs is 3. The fraction of sp³-hybridized carbons (Fsp3) is 0.0882. The second-order valence-corrected chi connectivity index (χ2v) is 9.44. The summed E-state index contributed by atoms with van der Waals surface area (Å²) in [5, 5.41) is 8.99. The van der Waals surface area contributed by atoms with Crippen LogP contribution in [0.5, 0.6) is 0 Å². The van der Waals surface area contributed by atoms with Crippen molar-refractivity contribution in [2.75, 3.05) is 24.7 Å². The number of nitrogens with one attached hydrogen (secondary N) is 2. The van der Waals surface area contributed by atoms with Gasteiger partial charge in [0.05, 0.1) is 16.5 Å². The quantitative estimate of drug-likeness (QED) is 0.193. The van der Waals surface area contributed by atoms with Crippen molar-refractivity contribution in [3.8, 4) is 33.5 Å². The smallest absolute Gasteiger partial charge is 0.226 e. The Hall–Kier alpha value is -4.63. The maximum absolute atomic E-state index is 3.26. The average Bonchev–Trinajstić information content (AvgIpc) is 2.96. The number of aryl methyl sites for hydroxylation is 1. The van der Waals surface area contributed by atoms with Crippen LogP contribution >= 0.6 is 0 Å². The summed E-state index contributed by atoms with van der Waals surface area (Å²) in [5.41, 5.74) is 11.9. The van der Waals surface area contributed by atoms with E-state index in [0.717, 1.165) is 11.4 Å². The Labute approximate surface area is 218 Å². The maximum Gasteiger partial charge on any atom is 0.226 e. The van der Waals surface area contributed by atoms with E-state index in [0.29, 0.717) is 0 Å². The molecule has 0 aliphatic rings. The van der Waals surface area contributed by atoms with E-state index in [1.165, 1.54) is 55.4 Å². The Morgan fingerprint density at radius 3 is 1.76 bits per heavy atom. The summed E-state index contributed by atoms with van der Waals surface area (Å²) in [6.07, 6.45) is 2.28. The first-order valence-electron chi connectivity index (χ1n) is 12.7. The first kappa shape index (κ1) is 22.8. The fourth-order valence-electron chi connectivity index (χ4n) is 5.35. The zero-order chi connectivity index (χ0) is 25.4. The molecule has 0 saturated heterocycles. The molecule has 0 fully saturated rings. The summed E-state index contributed by atoms with van der Waals surface area (Å²) in [5.74, 6) is 0. The zero-order valence-electron chi connectivity index (χ0n) is 21.4. The minimum atomic E-state index is 1.10. The Balaban J connectivity index is 1.82. The van der Waals surface area contributed by atoms with Crippen LogP contribution in [0, 0.1) is 6.92 Å². The standard InChI is InChI=1S/C34H29N3/c1-23-21-31(24-9-5-4-6-10-24)34-30-12-8-7-11-29(30)32(25-13-17-27(35-2)18-14-25)33(37(34)22-23)26-15-19-28(36-3)20-16-26/h4-22,35H,1-3H3/p+1. The van der Waals surface area contributed by atoms with Crippen LogP contribution in [0.1, 0.15) is 5.56 Å². The maximum atomic E-state index is 3.26. The van der Waals surface area contributed by atoms with E-state index in [1.54, 1.807) is 0 Å². The fourth-order valence-corrected chi connectivity index (χ4v) is 5.35. The lowest BCUT2D eigenvalue weighted by molar-refractivity contribution is -0.497. The molecule has 180 valence electrons. The highest BCUT2D eigenvalue weighted by Crippen LogP contribution is 2.40. The topological polar surface area (TPSA) is 28.2 Å². The van der Waals surface area contributed by atoms with Gasteiger partial charge in [0.25, 0.3) is 0 Å². The third kappa shape index (κ3) is 3.99. The third-order valence-electron chi connectivity index (χ3n) is 7.12. The minimum absolute atomic E-state index is 1.10. The van der Waals surface area contributed by atoms with Gasteiger partial charge >= 0.3 is 0 Å². The minimum Gasteiger partial charge on any atom is -0.388 e. The van der Waals surface area contributed by atoms with Crippen LogP contribution in [0.3, 0.4) is 0 Å². The monoisotopic (exact) mass is 480 g/mol. The van der Waals surface area contributed by atoms with E-state index in [2.05, 4.69) is 137 Å². The van der Waals surface area contributed by atoms with Crippen molar-refractivity contribution in [2.45, 2.75) is 6.92 Å². The molecule has 2 heterocycles. The van der Waals surface area contributed by atoms with E-state index in [4.69, 9.17) is 0 Å². The molecule has 0 spiro atoms. The summed E-state index contributed by atoms with van der Waals surface area (Å²) >= 11 is 0. The van der Waals surface area contributed by atoms with E-state index < -0.39 is 0 Å². The summed E-state index contributed by atoms with van der Waals surface area (Å²) in [6, 6.07) is 39.3. The van der Waals surface area contributed by atoms with Crippen molar-refractivity contribution in [3.63, 3.8) is 0 Å². The Kier molecular flexibility index (Phi) is 5.82. The van der Waals surface area contributed by atoms with Crippen molar-refractivity contribution in [1.82, 2.24) is 0 Å². The first-order valence-corrected chi connectivity index (χ1v) is 12.7. The van der Waals surface area contributed by atoms with Crippen LogP contribution in [0.4, 0.5) is 11.4 Å². The first-order chi connectivity index (χ1) is 18.2. The number of aromatic nitrogens is 1. The van der Waals surface area contributed by atoms with Gasteiger partial charge in [-0.1, -0.05) is 60.7 Å². The summed E-state index contributed by atoms with van der Waals surface area (Å²) < 4.78 is 2.41. The van der Waals surface area contributed by atoms with Crippen molar-refractivity contribution in [1.29, 1.82) is 0 Å². The zero-order valence-corrected chi connectivity index (χ0v) is 21.4. The molecule has 37 heavy (non-hydrogen) atoms. The Bertz CT molecular complexity index is 1720. The number of anilines is 2. The molecule has 3 heteroatoms. The molecule has 0 atom stereocenters. The van der Waals surface area contributed by atoms with Gasteiger partial charge in [-0.25, -0.2) is 0 Å². The molecule has 6 rings (SSSR count). The van der Waals surface area contributed by atoms with Gasteiger partial charge in [0.15, 0.2) is 6.20 Å².